The molecule has 2 aromatic carbocycles. The minimum absolute atomic E-state index is 0.0910. The van der Waals surface area contributed by atoms with E-state index in [2.05, 4.69) is 4.72 Å². The number of nitrogens with two attached hydrogens (primary N) is 1. The number of halogens is 2. The largest absolute Gasteiger partial charge is 0.325 e. The van der Waals surface area contributed by atoms with E-state index in [9.17, 15) is 12.8 Å². The Hall–Kier alpha value is -1.54. The van der Waals surface area contributed by atoms with Gasteiger partial charge < -0.3 is 4.72 Å². The Labute approximate surface area is 137 Å². The van der Waals surface area contributed by atoms with E-state index in [0.717, 1.165) is 23.6 Å². The second kappa shape index (κ2) is 7.15. The molecule has 116 valence electrons. The molecule has 0 aromatic heterocycles. The van der Waals surface area contributed by atoms with E-state index in [-0.39, 0.29) is 5.69 Å². The van der Waals surface area contributed by atoms with Gasteiger partial charge in [0.25, 0.3) is 0 Å². The summed E-state index contributed by atoms with van der Waals surface area (Å²) in [6, 6.07) is 11.0. The summed E-state index contributed by atoms with van der Waals surface area (Å²) >= 11 is 6.88. The molecule has 4 nitrogen and oxygen atoms in total. The number of hydrogen-bond donors (Lipinski definition) is 2. The SMILES string of the molecule is NS(=O)(=O)c1c(F)cccc1NS/C=C/c1ccc(Cl)cc1. The smallest absolute Gasteiger partial charge is 0.243 e. The maximum atomic E-state index is 13.6. The Morgan fingerprint density at radius 3 is 2.50 bits per heavy atom. The summed E-state index contributed by atoms with van der Waals surface area (Å²) in [6.45, 7) is 0. The third-order valence-electron chi connectivity index (χ3n) is 2.62. The fraction of sp³-hybridized carbons (Fsp3) is 0. The van der Waals surface area contributed by atoms with Crippen LogP contribution in [0, 0.1) is 5.82 Å². The molecule has 0 aliphatic carbocycles. The maximum absolute atomic E-state index is 13.6. The molecule has 22 heavy (non-hydrogen) atoms. The highest BCUT2D eigenvalue weighted by molar-refractivity contribution is 8.03. The topological polar surface area (TPSA) is 72.2 Å². The van der Waals surface area contributed by atoms with Gasteiger partial charge in [-0.2, -0.15) is 0 Å². The van der Waals surface area contributed by atoms with Crippen LogP contribution >= 0.6 is 23.5 Å². The second-order valence-corrected chi connectivity index (χ2v) is 6.88. The van der Waals surface area contributed by atoms with Crippen molar-refractivity contribution in [2.24, 2.45) is 5.14 Å². The van der Waals surface area contributed by atoms with Crippen molar-refractivity contribution < 1.29 is 12.8 Å². The van der Waals surface area contributed by atoms with Gasteiger partial charge in [0, 0.05) is 5.02 Å². The van der Waals surface area contributed by atoms with Crippen molar-refractivity contribution in [2.75, 3.05) is 4.72 Å². The van der Waals surface area contributed by atoms with Gasteiger partial charge in [0.15, 0.2) is 0 Å². The van der Waals surface area contributed by atoms with Crippen LogP contribution in [0.1, 0.15) is 5.56 Å². The molecule has 0 fully saturated rings. The van der Waals surface area contributed by atoms with E-state index >= 15 is 0 Å². The first kappa shape index (κ1) is 16.8. The van der Waals surface area contributed by atoms with Crippen molar-refractivity contribution in [2.45, 2.75) is 4.90 Å². The molecular weight excluding hydrogens is 347 g/mol. The zero-order chi connectivity index (χ0) is 16.2. The molecule has 0 saturated carbocycles. The van der Waals surface area contributed by atoms with E-state index in [4.69, 9.17) is 16.7 Å². The van der Waals surface area contributed by atoms with Crippen LogP contribution in [0.15, 0.2) is 52.8 Å². The maximum Gasteiger partial charge on any atom is 0.243 e. The zero-order valence-corrected chi connectivity index (χ0v) is 13.6. The molecule has 0 heterocycles. The van der Waals surface area contributed by atoms with Crippen LogP contribution in [-0.4, -0.2) is 8.42 Å². The lowest BCUT2D eigenvalue weighted by Gasteiger charge is -2.08. The predicted octanol–water partition coefficient (Wildman–Crippen LogP) is 3.86. The first-order valence-electron chi connectivity index (χ1n) is 6.03. The minimum atomic E-state index is -4.15. The normalized spacial score (nSPS) is 11.8. The average Bonchev–Trinajstić information content (AvgIpc) is 2.44. The van der Waals surface area contributed by atoms with Gasteiger partial charge in [-0.1, -0.05) is 29.8 Å². The number of benzene rings is 2. The molecule has 0 spiro atoms. The van der Waals surface area contributed by atoms with E-state index in [1.165, 1.54) is 12.1 Å². The van der Waals surface area contributed by atoms with Gasteiger partial charge in [0.1, 0.15) is 10.7 Å². The highest BCUT2D eigenvalue weighted by atomic mass is 35.5. The van der Waals surface area contributed by atoms with Crippen LogP contribution in [0.2, 0.25) is 5.02 Å². The molecule has 0 bridgehead atoms. The molecule has 0 atom stereocenters. The third-order valence-corrected chi connectivity index (χ3v) is 4.46. The van der Waals surface area contributed by atoms with Crippen LogP contribution in [0.3, 0.4) is 0 Å². The number of nitrogens with one attached hydrogen (secondary N) is 1. The summed E-state index contributed by atoms with van der Waals surface area (Å²) in [5.41, 5.74) is 1.01. The lowest BCUT2D eigenvalue weighted by molar-refractivity contribution is 0.569. The van der Waals surface area contributed by atoms with Crippen molar-refractivity contribution >= 4 is 45.3 Å². The fourth-order valence-electron chi connectivity index (χ4n) is 1.66. The van der Waals surface area contributed by atoms with Crippen molar-refractivity contribution in [3.8, 4) is 0 Å². The molecule has 0 unspecified atom stereocenters. The number of rotatable bonds is 5. The van der Waals surface area contributed by atoms with E-state index < -0.39 is 20.7 Å². The lowest BCUT2D eigenvalue weighted by Crippen LogP contribution is -2.15. The number of hydrogen-bond acceptors (Lipinski definition) is 4. The van der Waals surface area contributed by atoms with Crippen LogP contribution in [-0.2, 0) is 10.0 Å². The Balaban J connectivity index is 2.09. The van der Waals surface area contributed by atoms with Crippen LogP contribution in [0.4, 0.5) is 10.1 Å². The van der Waals surface area contributed by atoms with E-state index in [1.54, 1.807) is 23.6 Å². The molecule has 0 aliphatic heterocycles. The summed E-state index contributed by atoms with van der Waals surface area (Å²) < 4.78 is 39.2. The van der Waals surface area contributed by atoms with Crippen LogP contribution < -0.4 is 9.86 Å². The van der Waals surface area contributed by atoms with Crippen molar-refractivity contribution in [1.82, 2.24) is 0 Å². The Morgan fingerprint density at radius 1 is 1.18 bits per heavy atom. The van der Waals surface area contributed by atoms with Gasteiger partial charge in [0.05, 0.1) is 5.69 Å². The highest BCUT2D eigenvalue weighted by Crippen LogP contribution is 2.26. The highest BCUT2D eigenvalue weighted by Gasteiger charge is 2.19. The van der Waals surface area contributed by atoms with Crippen LogP contribution in [0.25, 0.3) is 6.08 Å². The van der Waals surface area contributed by atoms with E-state index in [1.807, 2.05) is 12.1 Å². The minimum Gasteiger partial charge on any atom is -0.325 e. The standard InChI is InChI=1S/C14H12ClFN2O2S2/c15-11-6-4-10(5-7-11)8-9-21-18-13-3-1-2-12(16)14(13)22(17,19)20/h1-9,18H,(H2,17,19,20)/b9-8+. The van der Waals surface area contributed by atoms with Gasteiger partial charge in [-0.05, 0) is 53.3 Å². The lowest BCUT2D eigenvalue weighted by atomic mass is 10.2. The van der Waals surface area contributed by atoms with Gasteiger partial charge in [-0.25, -0.2) is 17.9 Å². The summed E-state index contributed by atoms with van der Waals surface area (Å²) in [4.78, 5) is -0.553. The second-order valence-electron chi connectivity index (χ2n) is 4.24. The summed E-state index contributed by atoms with van der Waals surface area (Å²) in [5, 5.41) is 7.36. The van der Waals surface area contributed by atoms with Crippen molar-refractivity contribution in [1.29, 1.82) is 0 Å². The monoisotopic (exact) mass is 358 g/mol. The molecule has 2 rings (SSSR count). The van der Waals surface area contributed by atoms with Gasteiger partial charge in [0.2, 0.25) is 10.0 Å². The molecule has 2 aromatic rings. The van der Waals surface area contributed by atoms with Crippen molar-refractivity contribution in [3.05, 3.63) is 64.3 Å². The number of anilines is 1. The molecule has 0 radical (unpaired) electrons. The average molecular weight is 359 g/mol. The Kier molecular flexibility index (Phi) is 5.47. The molecule has 8 heteroatoms. The molecule has 0 amide bonds. The molecule has 0 aliphatic rings. The fourth-order valence-corrected chi connectivity index (χ4v) is 3.21. The van der Waals surface area contributed by atoms with Gasteiger partial charge in [-0.3, -0.25) is 0 Å². The first-order chi connectivity index (χ1) is 10.4. The quantitative estimate of drug-likeness (QED) is 0.796. The van der Waals surface area contributed by atoms with Crippen LogP contribution in [0.5, 0.6) is 0 Å². The zero-order valence-electron chi connectivity index (χ0n) is 11.2. The molecule has 3 N–H and O–H groups in total. The Bertz CT molecular complexity index is 793. The number of primary sulfonamides is 1. The predicted molar refractivity (Wildman–Crippen MR) is 89.5 cm³/mol. The van der Waals surface area contributed by atoms with Gasteiger partial charge in [-0.15, -0.1) is 0 Å². The summed E-state index contributed by atoms with van der Waals surface area (Å²) in [6.07, 6.45) is 1.80. The Morgan fingerprint density at radius 2 is 1.86 bits per heavy atom. The summed E-state index contributed by atoms with van der Waals surface area (Å²) in [5.74, 6) is -0.894. The van der Waals surface area contributed by atoms with E-state index in [0.29, 0.717) is 5.02 Å². The first-order valence-corrected chi connectivity index (χ1v) is 8.83. The molecular formula is C14H12ClFN2O2S2. The third kappa shape index (κ3) is 4.48. The van der Waals surface area contributed by atoms with Gasteiger partial charge >= 0.3 is 0 Å². The molecule has 0 saturated heterocycles. The summed E-state index contributed by atoms with van der Waals surface area (Å²) in [7, 11) is -4.15. The van der Waals surface area contributed by atoms with Crippen molar-refractivity contribution in [3.63, 3.8) is 0 Å². The number of sulfonamides is 1.